The van der Waals surface area contributed by atoms with Gasteiger partial charge in [-0.15, -0.1) is 0 Å². The van der Waals surface area contributed by atoms with E-state index >= 15 is 0 Å². The van der Waals surface area contributed by atoms with Crippen LogP contribution < -0.4 is 0 Å². The predicted molar refractivity (Wildman–Crippen MR) is 94.6 cm³/mol. The number of benzene rings is 3. The maximum atomic E-state index is 13.0. The lowest BCUT2D eigenvalue weighted by Crippen LogP contribution is -2.20. The minimum absolute atomic E-state index is 0.0396. The molecule has 3 rings (SSSR count). The van der Waals surface area contributed by atoms with Gasteiger partial charge in [0.15, 0.2) is 5.78 Å². The van der Waals surface area contributed by atoms with E-state index in [1.165, 1.54) is 11.1 Å². The van der Waals surface area contributed by atoms with Crippen molar-refractivity contribution in [2.75, 3.05) is 0 Å². The van der Waals surface area contributed by atoms with E-state index in [1.54, 1.807) is 0 Å². The fourth-order valence-corrected chi connectivity index (χ4v) is 2.89. The molecule has 0 aromatic heterocycles. The molecule has 3 aromatic rings. The molecule has 0 unspecified atom stereocenters. The molecule has 3 aromatic carbocycles. The first kappa shape index (κ1) is 15.2. The summed E-state index contributed by atoms with van der Waals surface area (Å²) < 4.78 is 0. The van der Waals surface area contributed by atoms with Gasteiger partial charge in [0.25, 0.3) is 0 Å². The zero-order chi connectivity index (χ0) is 15.9. The lowest BCUT2D eigenvalue weighted by Gasteiger charge is -2.16. The van der Waals surface area contributed by atoms with E-state index in [4.69, 9.17) is 0 Å². The molecule has 0 radical (unpaired) electrons. The van der Waals surface area contributed by atoms with Crippen molar-refractivity contribution in [3.63, 3.8) is 0 Å². The monoisotopic (exact) mass is 300 g/mol. The van der Waals surface area contributed by atoms with E-state index in [-0.39, 0.29) is 11.7 Å². The third-order valence-corrected chi connectivity index (χ3v) is 4.08. The Morgan fingerprint density at radius 2 is 1.00 bits per heavy atom. The van der Waals surface area contributed by atoms with E-state index in [0.717, 1.165) is 18.4 Å². The van der Waals surface area contributed by atoms with Crippen molar-refractivity contribution < 1.29 is 4.79 Å². The van der Waals surface area contributed by atoms with E-state index < -0.39 is 0 Å². The molecule has 0 amide bonds. The van der Waals surface area contributed by atoms with Crippen LogP contribution in [0.1, 0.15) is 21.5 Å². The quantitative estimate of drug-likeness (QED) is 0.587. The maximum Gasteiger partial charge on any atom is 0.166 e. The zero-order valence-corrected chi connectivity index (χ0v) is 13.1. The Balaban J connectivity index is 1.85. The first-order valence-electron chi connectivity index (χ1n) is 8.00. The van der Waals surface area contributed by atoms with Crippen LogP contribution in [0.2, 0.25) is 0 Å². The SMILES string of the molecule is O=C(c1ccccc1)C(Cc1ccccc1)Cc1ccccc1. The molecule has 114 valence electrons. The third-order valence-electron chi connectivity index (χ3n) is 4.08. The van der Waals surface area contributed by atoms with Crippen molar-refractivity contribution in [3.05, 3.63) is 108 Å². The van der Waals surface area contributed by atoms with Gasteiger partial charge in [0, 0.05) is 11.5 Å². The van der Waals surface area contributed by atoms with Gasteiger partial charge < -0.3 is 0 Å². The second-order valence-corrected chi connectivity index (χ2v) is 5.81. The molecule has 0 aliphatic carbocycles. The fraction of sp³-hybridized carbons (Fsp3) is 0.136. The lowest BCUT2D eigenvalue weighted by atomic mass is 9.86. The van der Waals surface area contributed by atoms with Gasteiger partial charge in [-0.3, -0.25) is 4.79 Å². The standard InChI is InChI=1S/C22H20O/c23-22(20-14-8-3-9-15-20)21(16-18-10-4-1-5-11-18)17-19-12-6-2-7-13-19/h1-15,21H,16-17H2. The highest BCUT2D eigenvalue weighted by atomic mass is 16.1. The molecule has 0 bridgehead atoms. The number of Topliss-reactive ketones (excluding diaryl/α,β-unsaturated/α-hetero) is 1. The van der Waals surface area contributed by atoms with Crippen molar-refractivity contribution in [2.24, 2.45) is 5.92 Å². The normalized spacial score (nSPS) is 10.7. The molecule has 0 atom stereocenters. The summed E-state index contributed by atoms with van der Waals surface area (Å²) in [5, 5.41) is 0. The summed E-state index contributed by atoms with van der Waals surface area (Å²) in [6, 6.07) is 30.1. The van der Waals surface area contributed by atoms with Gasteiger partial charge in [0.05, 0.1) is 0 Å². The highest BCUT2D eigenvalue weighted by molar-refractivity contribution is 5.98. The van der Waals surface area contributed by atoms with E-state index in [1.807, 2.05) is 66.7 Å². The number of ketones is 1. The topological polar surface area (TPSA) is 17.1 Å². The Kier molecular flexibility index (Phi) is 5.00. The van der Waals surface area contributed by atoms with Crippen LogP contribution in [0.15, 0.2) is 91.0 Å². The van der Waals surface area contributed by atoms with Crippen LogP contribution in [0.4, 0.5) is 0 Å². The van der Waals surface area contributed by atoms with Gasteiger partial charge in [0.1, 0.15) is 0 Å². The van der Waals surface area contributed by atoms with Crippen LogP contribution in [0.3, 0.4) is 0 Å². The molecular weight excluding hydrogens is 280 g/mol. The van der Waals surface area contributed by atoms with Gasteiger partial charge >= 0.3 is 0 Å². The first-order chi connectivity index (χ1) is 11.3. The zero-order valence-electron chi connectivity index (χ0n) is 13.1. The van der Waals surface area contributed by atoms with Crippen LogP contribution in [0, 0.1) is 5.92 Å². The van der Waals surface area contributed by atoms with Crippen molar-refractivity contribution in [1.29, 1.82) is 0 Å². The number of carbonyl (C=O) groups excluding carboxylic acids is 1. The van der Waals surface area contributed by atoms with Gasteiger partial charge in [-0.25, -0.2) is 0 Å². The number of carbonyl (C=O) groups is 1. The number of hydrogen-bond acceptors (Lipinski definition) is 1. The molecule has 0 fully saturated rings. The van der Waals surface area contributed by atoms with E-state index in [0.29, 0.717) is 0 Å². The molecule has 0 saturated heterocycles. The van der Waals surface area contributed by atoms with Crippen LogP contribution >= 0.6 is 0 Å². The van der Waals surface area contributed by atoms with Gasteiger partial charge in [-0.05, 0) is 24.0 Å². The average Bonchev–Trinajstić information content (AvgIpc) is 2.63. The fourth-order valence-electron chi connectivity index (χ4n) is 2.89. The molecular formula is C22H20O. The minimum atomic E-state index is -0.0396. The highest BCUT2D eigenvalue weighted by Crippen LogP contribution is 2.19. The average molecular weight is 300 g/mol. The van der Waals surface area contributed by atoms with E-state index in [2.05, 4.69) is 24.3 Å². The summed E-state index contributed by atoms with van der Waals surface area (Å²) in [5.41, 5.74) is 3.21. The Morgan fingerprint density at radius 1 is 0.609 bits per heavy atom. The van der Waals surface area contributed by atoms with Crippen molar-refractivity contribution in [2.45, 2.75) is 12.8 Å². The second kappa shape index (κ2) is 7.55. The molecule has 1 nitrogen and oxygen atoms in total. The highest BCUT2D eigenvalue weighted by Gasteiger charge is 2.20. The van der Waals surface area contributed by atoms with E-state index in [9.17, 15) is 4.79 Å². The third kappa shape index (κ3) is 4.17. The number of hydrogen-bond donors (Lipinski definition) is 0. The summed E-state index contributed by atoms with van der Waals surface area (Å²) in [6.07, 6.45) is 1.53. The summed E-state index contributed by atoms with van der Waals surface area (Å²) in [6.45, 7) is 0. The maximum absolute atomic E-state index is 13.0. The van der Waals surface area contributed by atoms with Crippen LogP contribution in [-0.4, -0.2) is 5.78 Å². The van der Waals surface area contributed by atoms with Gasteiger partial charge in [0.2, 0.25) is 0 Å². The molecule has 23 heavy (non-hydrogen) atoms. The molecule has 0 saturated carbocycles. The van der Waals surface area contributed by atoms with Crippen LogP contribution in [-0.2, 0) is 12.8 Å². The largest absolute Gasteiger partial charge is 0.294 e. The smallest absolute Gasteiger partial charge is 0.166 e. The lowest BCUT2D eigenvalue weighted by molar-refractivity contribution is 0.0918. The van der Waals surface area contributed by atoms with Gasteiger partial charge in [-0.2, -0.15) is 0 Å². The Hall–Kier alpha value is -2.67. The minimum Gasteiger partial charge on any atom is -0.294 e. The summed E-state index contributed by atoms with van der Waals surface area (Å²) in [5.74, 6) is 0.181. The molecule has 0 spiro atoms. The van der Waals surface area contributed by atoms with Gasteiger partial charge in [-0.1, -0.05) is 91.0 Å². The Bertz CT molecular complexity index is 691. The second-order valence-electron chi connectivity index (χ2n) is 5.81. The molecule has 0 aliphatic rings. The van der Waals surface area contributed by atoms with Crippen LogP contribution in [0.25, 0.3) is 0 Å². The van der Waals surface area contributed by atoms with Crippen LogP contribution in [0.5, 0.6) is 0 Å². The molecule has 0 aliphatic heterocycles. The van der Waals surface area contributed by atoms with Crippen molar-refractivity contribution in [1.82, 2.24) is 0 Å². The molecule has 0 N–H and O–H groups in total. The van der Waals surface area contributed by atoms with Crippen molar-refractivity contribution in [3.8, 4) is 0 Å². The summed E-state index contributed by atoms with van der Waals surface area (Å²) in [4.78, 5) is 13.0. The predicted octanol–water partition coefficient (Wildman–Crippen LogP) is 4.97. The Labute approximate surface area is 137 Å². The number of rotatable bonds is 6. The summed E-state index contributed by atoms with van der Waals surface area (Å²) in [7, 11) is 0. The molecule has 1 heteroatoms. The Morgan fingerprint density at radius 3 is 1.43 bits per heavy atom. The summed E-state index contributed by atoms with van der Waals surface area (Å²) >= 11 is 0. The molecule has 0 heterocycles. The van der Waals surface area contributed by atoms with Crippen molar-refractivity contribution >= 4 is 5.78 Å². The first-order valence-corrected chi connectivity index (χ1v) is 8.00.